The molecule has 1 unspecified atom stereocenters. The number of urea groups is 1. The number of hydrogen-bond acceptors (Lipinski definition) is 7. The van der Waals surface area contributed by atoms with Gasteiger partial charge in [-0.2, -0.15) is 0 Å². The van der Waals surface area contributed by atoms with Crippen LogP contribution in [0.4, 0.5) is 40.7 Å². The molecule has 0 aliphatic carbocycles. The van der Waals surface area contributed by atoms with Gasteiger partial charge in [0.25, 0.3) is 0 Å². The number of anilines is 4. The van der Waals surface area contributed by atoms with Crippen molar-refractivity contribution in [3.05, 3.63) is 77.4 Å². The molecule has 0 radical (unpaired) electrons. The van der Waals surface area contributed by atoms with Crippen molar-refractivity contribution >= 4 is 34.7 Å². The largest absolute Gasteiger partial charge is 0.573 e. The maximum Gasteiger partial charge on any atom is 0.573 e. The molecule has 0 saturated carbocycles. The number of piperidine rings is 1. The number of halogens is 3. The Kier molecular flexibility index (Phi) is 8.74. The van der Waals surface area contributed by atoms with Gasteiger partial charge >= 0.3 is 18.4 Å². The van der Waals surface area contributed by atoms with E-state index in [0.29, 0.717) is 29.0 Å². The number of ether oxygens (including phenoxy) is 2. The molecule has 1 atom stereocenters. The number of nitrogens with one attached hydrogen (secondary N) is 3. The van der Waals surface area contributed by atoms with Gasteiger partial charge in [-0.1, -0.05) is 39.0 Å². The topological polar surface area (TPSA) is 112 Å². The molecule has 4 N–H and O–H groups in total. The lowest BCUT2D eigenvalue weighted by molar-refractivity contribution is -0.274. The highest BCUT2D eigenvalue weighted by molar-refractivity contribution is 6.03. The highest BCUT2D eigenvalue weighted by Gasteiger charge is 2.49. The Hall–Kier alpha value is -4.29. The number of fused-ring (bicyclic) bond motifs is 2. The van der Waals surface area contributed by atoms with Crippen molar-refractivity contribution in [1.29, 1.82) is 0 Å². The van der Waals surface area contributed by atoms with Gasteiger partial charge < -0.3 is 35.4 Å². The lowest BCUT2D eigenvalue weighted by Crippen LogP contribution is -2.43. The van der Waals surface area contributed by atoms with E-state index in [0.717, 1.165) is 49.3 Å². The van der Waals surface area contributed by atoms with E-state index in [-0.39, 0.29) is 5.69 Å². The Balaban J connectivity index is 1.54. The van der Waals surface area contributed by atoms with Crippen LogP contribution >= 0.6 is 0 Å². The minimum Gasteiger partial charge on any atom is -0.465 e. The summed E-state index contributed by atoms with van der Waals surface area (Å²) in [6.45, 7) is 7.82. The van der Waals surface area contributed by atoms with Gasteiger partial charge in [0.15, 0.2) is 0 Å². The molecule has 0 aromatic heterocycles. The highest BCUT2D eigenvalue weighted by atomic mass is 19.4. The summed E-state index contributed by atoms with van der Waals surface area (Å²) in [6, 6.07) is 15.0. The normalized spacial score (nSPS) is 16.6. The van der Waals surface area contributed by atoms with Crippen LogP contribution in [-0.2, 0) is 10.2 Å². The number of esters is 1. The number of alkyl halides is 3. The first-order chi connectivity index (χ1) is 21.2. The first kappa shape index (κ1) is 32.1. The zero-order valence-electron chi connectivity index (χ0n) is 25.5. The molecule has 2 amide bonds. The van der Waals surface area contributed by atoms with E-state index in [9.17, 15) is 27.9 Å². The second kappa shape index (κ2) is 12.2. The number of carbonyl (C=O) groups is 2. The van der Waals surface area contributed by atoms with E-state index in [2.05, 4.69) is 25.6 Å². The number of rotatable bonds is 6. The first-order valence-electron chi connectivity index (χ1n) is 14.7. The van der Waals surface area contributed by atoms with Crippen molar-refractivity contribution in [1.82, 2.24) is 5.32 Å². The zero-order valence-corrected chi connectivity index (χ0v) is 25.5. The maximum atomic E-state index is 13.1. The van der Waals surface area contributed by atoms with Crippen LogP contribution in [0.1, 0.15) is 61.2 Å². The molecule has 2 aliphatic heterocycles. The molecule has 0 bridgehead atoms. The van der Waals surface area contributed by atoms with Crippen molar-refractivity contribution in [2.45, 2.75) is 51.5 Å². The van der Waals surface area contributed by atoms with Gasteiger partial charge in [-0.25, -0.2) is 9.59 Å². The Morgan fingerprint density at radius 3 is 2.27 bits per heavy atom. The van der Waals surface area contributed by atoms with Crippen molar-refractivity contribution in [2.24, 2.45) is 5.41 Å². The number of carbonyl (C=O) groups excluding carboxylic acids is 2. The van der Waals surface area contributed by atoms with Gasteiger partial charge in [0.05, 0.1) is 35.8 Å². The predicted octanol–water partition coefficient (Wildman–Crippen LogP) is 6.87. The average molecular weight is 627 g/mol. The van der Waals surface area contributed by atoms with Crippen LogP contribution in [0.25, 0.3) is 0 Å². The minimum absolute atomic E-state index is 0.262. The fourth-order valence-electron chi connectivity index (χ4n) is 6.22. The molecular formula is C33H37F3N4O5. The summed E-state index contributed by atoms with van der Waals surface area (Å²) in [4.78, 5) is 28.3. The number of benzene rings is 3. The quantitative estimate of drug-likeness (QED) is 0.221. The van der Waals surface area contributed by atoms with Crippen LogP contribution in [0.2, 0.25) is 0 Å². The molecule has 5 rings (SSSR count). The molecule has 240 valence electrons. The number of hydrogen-bond donors (Lipinski definition) is 4. The summed E-state index contributed by atoms with van der Waals surface area (Å²) in [5.41, 5.74) is 3.10. The second-order valence-corrected chi connectivity index (χ2v) is 12.5. The van der Waals surface area contributed by atoms with Gasteiger partial charge in [-0.05, 0) is 79.4 Å². The van der Waals surface area contributed by atoms with Crippen LogP contribution < -0.4 is 25.6 Å². The van der Waals surface area contributed by atoms with Gasteiger partial charge in [0, 0.05) is 23.2 Å². The van der Waals surface area contributed by atoms with E-state index in [1.807, 2.05) is 32.9 Å². The van der Waals surface area contributed by atoms with Gasteiger partial charge in [-0.3, -0.25) is 0 Å². The van der Waals surface area contributed by atoms with Crippen LogP contribution in [0.15, 0.2) is 60.7 Å². The van der Waals surface area contributed by atoms with Crippen LogP contribution in [-0.4, -0.2) is 50.2 Å². The summed E-state index contributed by atoms with van der Waals surface area (Å²) in [5.74, 6) is -0.863. The molecule has 3 aromatic carbocycles. The first-order valence-corrected chi connectivity index (χ1v) is 14.7. The summed E-state index contributed by atoms with van der Waals surface area (Å²) >= 11 is 0. The average Bonchev–Trinajstić information content (AvgIpc) is 3.30. The Bertz CT molecular complexity index is 1560. The Labute approximate surface area is 259 Å². The summed E-state index contributed by atoms with van der Waals surface area (Å²) in [7, 11) is 1.35. The zero-order chi connectivity index (χ0) is 32.6. The summed E-state index contributed by atoms with van der Waals surface area (Å²) in [6.07, 6.45) is -4.19. The summed E-state index contributed by atoms with van der Waals surface area (Å²) in [5, 5.41) is 20.5. The molecule has 12 heteroatoms. The third kappa shape index (κ3) is 6.71. The van der Waals surface area contributed by atoms with Crippen LogP contribution in [0.3, 0.4) is 0 Å². The fourth-order valence-corrected chi connectivity index (χ4v) is 6.22. The molecular weight excluding hydrogens is 589 g/mol. The molecule has 3 aromatic rings. The standard InChI is InChI=1S/C33H37F3N4O5/c1-31(2,3)28(41)23-14-13-22(29(42)44-4)26-27(23)40(19-32(26)15-17-37-18-16-32)25-8-6-5-7-24(25)39-30(43)38-20-9-11-21(12-10-20)45-33(34,35)36/h5-14,28,37,41H,15-19H2,1-4H3,(H2,38,39,43). The number of methoxy groups -OCH3 is 1. The molecule has 2 heterocycles. The van der Waals surface area contributed by atoms with E-state index >= 15 is 0 Å². The molecule has 9 nitrogen and oxygen atoms in total. The van der Waals surface area contributed by atoms with Crippen LogP contribution in [0, 0.1) is 5.41 Å². The van der Waals surface area contributed by atoms with E-state index in [1.165, 1.54) is 19.2 Å². The van der Waals surface area contributed by atoms with Crippen molar-refractivity contribution in [2.75, 3.05) is 42.3 Å². The predicted molar refractivity (Wildman–Crippen MR) is 165 cm³/mol. The number of amides is 2. The smallest absolute Gasteiger partial charge is 0.465 e. The lowest BCUT2D eigenvalue weighted by Gasteiger charge is -2.35. The number of aliphatic hydroxyl groups is 1. The molecule has 1 saturated heterocycles. The van der Waals surface area contributed by atoms with E-state index < -0.39 is 41.0 Å². The minimum atomic E-state index is -4.82. The SMILES string of the molecule is COC(=O)c1ccc(C(O)C(C)(C)C)c2c1C1(CCNCC1)CN2c1ccccc1NC(=O)Nc1ccc(OC(F)(F)F)cc1. The molecule has 1 fully saturated rings. The molecule has 45 heavy (non-hydrogen) atoms. The highest BCUT2D eigenvalue weighted by Crippen LogP contribution is 2.55. The third-order valence-electron chi connectivity index (χ3n) is 8.34. The third-order valence-corrected chi connectivity index (χ3v) is 8.34. The van der Waals surface area contributed by atoms with E-state index in [1.54, 1.807) is 24.3 Å². The molecule has 2 aliphatic rings. The second-order valence-electron chi connectivity index (χ2n) is 12.5. The van der Waals surface area contributed by atoms with Crippen molar-refractivity contribution in [3.63, 3.8) is 0 Å². The van der Waals surface area contributed by atoms with Crippen LogP contribution in [0.5, 0.6) is 5.75 Å². The maximum absolute atomic E-state index is 13.1. The Morgan fingerprint density at radius 2 is 1.64 bits per heavy atom. The Morgan fingerprint density at radius 1 is 0.978 bits per heavy atom. The monoisotopic (exact) mass is 626 g/mol. The molecule has 1 spiro atoms. The number of aliphatic hydroxyl groups excluding tert-OH is 1. The van der Waals surface area contributed by atoms with Gasteiger partial charge in [0.2, 0.25) is 0 Å². The lowest BCUT2D eigenvalue weighted by atomic mass is 9.72. The number of nitrogens with zero attached hydrogens (tertiary/aromatic N) is 1. The van der Waals surface area contributed by atoms with Gasteiger partial charge in [0.1, 0.15) is 5.75 Å². The van der Waals surface area contributed by atoms with Crippen molar-refractivity contribution < 1.29 is 37.3 Å². The van der Waals surface area contributed by atoms with Gasteiger partial charge in [-0.15, -0.1) is 13.2 Å². The number of para-hydroxylation sites is 2. The summed E-state index contributed by atoms with van der Waals surface area (Å²) < 4.78 is 46.7. The van der Waals surface area contributed by atoms with Crippen molar-refractivity contribution in [3.8, 4) is 5.75 Å². The fraction of sp³-hybridized carbons (Fsp3) is 0.394. The van der Waals surface area contributed by atoms with E-state index in [4.69, 9.17) is 4.74 Å².